The molecule has 0 fully saturated rings. The maximum absolute atomic E-state index is 12.7. The van der Waals surface area contributed by atoms with Crippen molar-refractivity contribution in [1.82, 2.24) is 5.43 Å². The Hall–Kier alpha value is -2.40. The van der Waals surface area contributed by atoms with E-state index in [-0.39, 0.29) is 18.3 Å². The summed E-state index contributed by atoms with van der Waals surface area (Å²) in [6.45, 7) is 0.0857. The van der Waals surface area contributed by atoms with Crippen molar-refractivity contribution in [3.63, 3.8) is 0 Å². The van der Waals surface area contributed by atoms with Gasteiger partial charge >= 0.3 is 0 Å². The second kappa shape index (κ2) is 7.40. The lowest BCUT2D eigenvalue weighted by Crippen LogP contribution is -2.25. The van der Waals surface area contributed by atoms with Gasteiger partial charge in [-0.05, 0) is 42.0 Å². The van der Waals surface area contributed by atoms with Gasteiger partial charge in [0.2, 0.25) is 0 Å². The zero-order valence-electron chi connectivity index (χ0n) is 11.0. The number of nitrogens with zero attached hydrogens (tertiary/aromatic N) is 1. The van der Waals surface area contributed by atoms with Crippen LogP contribution in [0.15, 0.2) is 53.6 Å². The standard InChI is InChI=1S/C15H13ClFN3O/c16-12-3-7-14(8-4-12)18-10-15(21)20-19-9-11-1-5-13(17)6-2-11/h1-9,18H,10H2,(H,20,21). The third-order valence-corrected chi connectivity index (χ3v) is 2.82. The van der Waals surface area contributed by atoms with E-state index in [1.165, 1.54) is 18.3 Å². The lowest BCUT2D eigenvalue weighted by molar-refractivity contribution is -0.119. The molecule has 0 atom stereocenters. The average molecular weight is 306 g/mol. The molecule has 2 aromatic carbocycles. The summed E-state index contributed by atoms with van der Waals surface area (Å²) in [5.74, 6) is -0.605. The predicted molar refractivity (Wildman–Crippen MR) is 82.1 cm³/mol. The molecule has 2 aromatic rings. The Morgan fingerprint density at radius 1 is 1.14 bits per heavy atom. The van der Waals surface area contributed by atoms with Crippen molar-refractivity contribution >= 4 is 29.4 Å². The van der Waals surface area contributed by atoms with E-state index >= 15 is 0 Å². The molecule has 0 saturated heterocycles. The number of amides is 1. The van der Waals surface area contributed by atoms with Gasteiger partial charge < -0.3 is 5.32 Å². The van der Waals surface area contributed by atoms with Crippen LogP contribution in [0.5, 0.6) is 0 Å². The van der Waals surface area contributed by atoms with Crippen molar-refractivity contribution in [3.8, 4) is 0 Å². The molecule has 2 N–H and O–H groups in total. The number of hydrazone groups is 1. The fourth-order valence-electron chi connectivity index (χ4n) is 1.52. The van der Waals surface area contributed by atoms with E-state index in [0.29, 0.717) is 10.6 Å². The van der Waals surface area contributed by atoms with Crippen molar-refractivity contribution in [1.29, 1.82) is 0 Å². The van der Waals surface area contributed by atoms with Crippen LogP contribution < -0.4 is 10.7 Å². The van der Waals surface area contributed by atoms with Crippen LogP contribution in [-0.4, -0.2) is 18.7 Å². The van der Waals surface area contributed by atoms with Gasteiger partial charge in [0.25, 0.3) is 5.91 Å². The first-order chi connectivity index (χ1) is 10.1. The van der Waals surface area contributed by atoms with Crippen LogP contribution in [0.25, 0.3) is 0 Å². The van der Waals surface area contributed by atoms with E-state index in [2.05, 4.69) is 15.8 Å². The van der Waals surface area contributed by atoms with E-state index in [9.17, 15) is 9.18 Å². The second-order valence-corrected chi connectivity index (χ2v) is 4.64. The van der Waals surface area contributed by atoms with Crippen molar-refractivity contribution in [2.24, 2.45) is 5.10 Å². The van der Waals surface area contributed by atoms with Crippen molar-refractivity contribution in [2.75, 3.05) is 11.9 Å². The van der Waals surface area contributed by atoms with Gasteiger partial charge in [-0.2, -0.15) is 5.10 Å². The summed E-state index contributed by atoms with van der Waals surface area (Å²) in [5, 5.41) is 7.36. The molecule has 0 aliphatic carbocycles. The third-order valence-electron chi connectivity index (χ3n) is 2.57. The minimum absolute atomic E-state index is 0.0857. The average Bonchev–Trinajstić information content (AvgIpc) is 2.49. The molecule has 108 valence electrons. The highest BCUT2D eigenvalue weighted by Gasteiger charge is 1.99. The highest BCUT2D eigenvalue weighted by molar-refractivity contribution is 6.30. The van der Waals surface area contributed by atoms with Crippen LogP contribution >= 0.6 is 11.6 Å². The van der Waals surface area contributed by atoms with Gasteiger partial charge in [-0.15, -0.1) is 0 Å². The number of hydrogen-bond donors (Lipinski definition) is 2. The first-order valence-electron chi connectivity index (χ1n) is 6.20. The van der Waals surface area contributed by atoms with Crippen molar-refractivity contribution in [3.05, 3.63) is 64.9 Å². The van der Waals surface area contributed by atoms with Gasteiger partial charge in [0.1, 0.15) is 5.82 Å². The summed E-state index contributed by atoms with van der Waals surface area (Å²) < 4.78 is 12.7. The summed E-state index contributed by atoms with van der Waals surface area (Å²) in [4.78, 5) is 11.6. The zero-order valence-corrected chi connectivity index (χ0v) is 11.8. The van der Waals surface area contributed by atoms with Gasteiger partial charge in [-0.1, -0.05) is 23.7 Å². The summed E-state index contributed by atoms with van der Waals surface area (Å²) in [6, 6.07) is 12.8. The molecule has 0 saturated carbocycles. The number of halogens is 2. The van der Waals surface area contributed by atoms with Crippen LogP contribution in [-0.2, 0) is 4.79 Å². The smallest absolute Gasteiger partial charge is 0.259 e. The molecule has 4 nitrogen and oxygen atoms in total. The number of hydrogen-bond acceptors (Lipinski definition) is 3. The van der Waals surface area contributed by atoms with Crippen LogP contribution in [0.1, 0.15) is 5.56 Å². The fraction of sp³-hybridized carbons (Fsp3) is 0.0667. The lowest BCUT2D eigenvalue weighted by atomic mass is 10.2. The first-order valence-corrected chi connectivity index (χ1v) is 6.58. The minimum atomic E-state index is -0.316. The molecule has 0 radical (unpaired) electrons. The number of rotatable bonds is 5. The Balaban J connectivity index is 1.77. The van der Waals surface area contributed by atoms with E-state index in [4.69, 9.17) is 11.6 Å². The molecule has 0 heterocycles. The number of benzene rings is 2. The van der Waals surface area contributed by atoms with E-state index < -0.39 is 0 Å². The van der Waals surface area contributed by atoms with Gasteiger partial charge in [-0.3, -0.25) is 4.79 Å². The largest absolute Gasteiger partial charge is 0.376 e. The molecule has 0 aliphatic rings. The van der Waals surface area contributed by atoms with Crippen LogP contribution in [0, 0.1) is 5.82 Å². The monoisotopic (exact) mass is 305 g/mol. The van der Waals surface area contributed by atoms with E-state index in [1.54, 1.807) is 36.4 Å². The van der Waals surface area contributed by atoms with Gasteiger partial charge in [0.15, 0.2) is 0 Å². The molecule has 0 aliphatic heterocycles. The van der Waals surface area contributed by atoms with Gasteiger partial charge in [-0.25, -0.2) is 9.82 Å². The molecule has 1 amide bonds. The van der Waals surface area contributed by atoms with Gasteiger partial charge in [0.05, 0.1) is 12.8 Å². The van der Waals surface area contributed by atoms with Crippen LogP contribution in [0.4, 0.5) is 10.1 Å². The summed E-state index contributed by atoms with van der Waals surface area (Å²) in [5.41, 5.74) is 3.86. The SMILES string of the molecule is O=C(CNc1ccc(Cl)cc1)NN=Cc1ccc(F)cc1. The molecule has 6 heteroatoms. The molecule has 0 spiro atoms. The van der Waals surface area contributed by atoms with Crippen molar-refractivity contribution in [2.45, 2.75) is 0 Å². The molecule has 0 unspecified atom stereocenters. The van der Waals surface area contributed by atoms with E-state index in [1.807, 2.05) is 0 Å². The second-order valence-electron chi connectivity index (χ2n) is 4.21. The highest BCUT2D eigenvalue weighted by atomic mass is 35.5. The number of carbonyl (C=O) groups excluding carboxylic acids is 1. The molecule has 0 bridgehead atoms. The quantitative estimate of drug-likeness (QED) is 0.659. The Kier molecular flexibility index (Phi) is 5.29. The van der Waals surface area contributed by atoms with Crippen LogP contribution in [0.2, 0.25) is 5.02 Å². The first kappa shape index (κ1) is 15.0. The van der Waals surface area contributed by atoms with Crippen molar-refractivity contribution < 1.29 is 9.18 Å². The fourth-order valence-corrected chi connectivity index (χ4v) is 1.64. The molecular formula is C15H13ClFN3O. The summed E-state index contributed by atoms with van der Waals surface area (Å²) in [6.07, 6.45) is 1.44. The number of nitrogens with one attached hydrogen (secondary N) is 2. The minimum Gasteiger partial charge on any atom is -0.376 e. The normalized spacial score (nSPS) is 10.6. The molecule has 0 aromatic heterocycles. The number of carbonyl (C=O) groups is 1. The van der Waals surface area contributed by atoms with Gasteiger partial charge in [0, 0.05) is 10.7 Å². The summed E-state index contributed by atoms with van der Waals surface area (Å²) in [7, 11) is 0. The highest BCUT2D eigenvalue weighted by Crippen LogP contribution is 2.12. The summed E-state index contributed by atoms with van der Waals surface area (Å²) >= 11 is 5.76. The van der Waals surface area contributed by atoms with E-state index in [0.717, 1.165) is 5.69 Å². The third kappa shape index (κ3) is 5.24. The van der Waals surface area contributed by atoms with Crippen LogP contribution in [0.3, 0.4) is 0 Å². The lowest BCUT2D eigenvalue weighted by Gasteiger charge is -2.04. The maximum Gasteiger partial charge on any atom is 0.259 e. The zero-order chi connectivity index (χ0) is 15.1. The topological polar surface area (TPSA) is 53.5 Å². The Morgan fingerprint density at radius 3 is 2.48 bits per heavy atom. The maximum atomic E-state index is 12.7. The Bertz CT molecular complexity index is 626. The Labute approximate surface area is 126 Å². The number of anilines is 1. The molecular weight excluding hydrogens is 293 g/mol. The molecule has 21 heavy (non-hydrogen) atoms. The Morgan fingerprint density at radius 2 is 1.81 bits per heavy atom. The predicted octanol–water partition coefficient (Wildman–Crippen LogP) is 3.04. The molecule has 2 rings (SSSR count).